The third-order valence-corrected chi connectivity index (χ3v) is 6.51. The topological polar surface area (TPSA) is 66.5 Å². The third kappa shape index (κ3) is 6.20. The second kappa shape index (κ2) is 10.5. The summed E-state index contributed by atoms with van der Waals surface area (Å²) in [5.41, 5.74) is 5.15. The molecule has 0 saturated heterocycles. The molecule has 0 saturated carbocycles. The molecule has 6 heteroatoms. The van der Waals surface area contributed by atoms with Crippen LogP contribution in [0.5, 0.6) is 0 Å². The fourth-order valence-electron chi connectivity index (χ4n) is 3.73. The molecule has 168 valence electrons. The Balaban J connectivity index is 1.63. The Bertz CT molecular complexity index is 1140. The maximum atomic E-state index is 12.5. The van der Waals surface area contributed by atoms with Crippen molar-refractivity contribution >= 4 is 21.6 Å². The lowest BCUT2D eigenvalue weighted by molar-refractivity contribution is 0.0953. The molecule has 3 aromatic carbocycles. The number of benzene rings is 3. The second-order valence-corrected chi connectivity index (χ2v) is 9.96. The van der Waals surface area contributed by atoms with Crippen LogP contribution in [0.3, 0.4) is 0 Å². The summed E-state index contributed by atoms with van der Waals surface area (Å²) in [5.74, 6) is -0.126. The Kier molecular flexibility index (Phi) is 7.70. The molecule has 3 aromatic rings. The molecule has 5 nitrogen and oxygen atoms in total. The molecule has 0 aliphatic rings. The van der Waals surface area contributed by atoms with Gasteiger partial charge >= 0.3 is 0 Å². The molecular formula is C26H30N2O3S. The van der Waals surface area contributed by atoms with E-state index in [1.54, 1.807) is 12.1 Å². The minimum atomic E-state index is -3.47. The van der Waals surface area contributed by atoms with E-state index in [2.05, 4.69) is 17.4 Å². The van der Waals surface area contributed by atoms with Crippen molar-refractivity contribution in [1.82, 2.24) is 5.32 Å². The van der Waals surface area contributed by atoms with Gasteiger partial charge in [0.1, 0.15) is 0 Å². The molecule has 1 N–H and O–H groups in total. The van der Waals surface area contributed by atoms with E-state index in [1.165, 1.54) is 16.1 Å². The molecule has 0 radical (unpaired) electrons. The van der Waals surface area contributed by atoms with E-state index in [0.29, 0.717) is 17.8 Å². The molecular weight excluding hydrogens is 420 g/mol. The number of nitrogens with one attached hydrogen (secondary N) is 1. The SMILES string of the molecule is Cc1cccc(C)c1N(Cc1ccc(C(=O)NCCCc2ccccc2)cc1)S(C)(=O)=O. The number of rotatable bonds is 9. The van der Waals surface area contributed by atoms with E-state index in [4.69, 9.17) is 0 Å². The molecule has 0 aliphatic carbocycles. The van der Waals surface area contributed by atoms with Crippen molar-refractivity contribution in [1.29, 1.82) is 0 Å². The first-order chi connectivity index (χ1) is 15.3. The number of sulfonamides is 1. The van der Waals surface area contributed by atoms with Crippen LogP contribution < -0.4 is 9.62 Å². The molecule has 32 heavy (non-hydrogen) atoms. The molecule has 0 heterocycles. The Morgan fingerprint density at radius 2 is 1.47 bits per heavy atom. The van der Waals surface area contributed by atoms with Gasteiger partial charge in [-0.05, 0) is 61.1 Å². The van der Waals surface area contributed by atoms with Crippen molar-refractivity contribution in [3.8, 4) is 0 Å². The van der Waals surface area contributed by atoms with Crippen LogP contribution in [0.4, 0.5) is 5.69 Å². The first-order valence-electron chi connectivity index (χ1n) is 10.7. The first kappa shape index (κ1) is 23.5. The van der Waals surface area contributed by atoms with E-state index >= 15 is 0 Å². The Labute approximate surface area is 191 Å². The maximum Gasteiger partial charge on any atom is 0.251 e. The highest BCUT2D eigenvalue weighted by atomic mass is 32.2. The van der Waals surface area contributed by atoms with Crippen LogP contribution in [0.15, 0.2) is 72.8 Å². The Morgan fingerprint density at radius 1 is 0.844 bits per heavy atom. The zero-order valence-corrected chi connectivity index (χ0v) is 19.7. The fourth-order valence-corrected chi connectivity index (χ4v) is 4.73. The predicted molar refractivity (Wildman–Crippen MR) is 130 cm³/mol. The highest BCUT2D eigenvalue weighted by Crippen LogP contribution is 2.28. The number of aryl methyl sites for hydroxylation is 3. The van der Waals surface area contributed by atoms with Crippen molar-refractivity contribution in [2.75, 3.05) is 17.1 Å². The fraction of sp³-hybridized carbons (Fsp3) is 0.269. The smallest absolute Gasteiger partial charge is 0.251 e. The van der Waals surface area contributed by atoms with Crippen LogP contribution in [0.25, 0.3) is 0 Å². The molecule has 0 aromatic heterocycles. The van der Waals surface area contributed by atoms with E-state index in [0.717, 1.165) is 29.5 Å². The van der Waals surface area contributed by atoms with Gasteiger partial charge in [0, 0.05) is 12.1 Å². The van der Waals surface area contributed by atoms with Crippen LogP contribution in [-0.4, -0.2) is 27.1 Å². The molecule has 0 aliphatic heterocycles. The van der Waals surface area contributed by atoms with Gasteiger partial charge < -0.3 is 5.32 Å². The zero-order chi connectivity index (χ0) is 23.1. The number of amides is 1. The number of para-hydroxylation sites is 1. The summed E-state index contributed by atoms with van der Waals surface area (Å²) >= 11 is 0. The standard InChI is InChI=1S/C26H30N2O3S/c1-20-9-7-10-21(2)25(20)28(32(3,30)31)19-23-14-16-24(17-15-23)26(29)27-18-8-13-22-11-5-4-6-12-22/h4-7,9-12,14-17H,8,13,18-19H2,1-3H3,(H,27,29). The molecule has 0 unspecified atom stereocenters. The van der Waals surface area contributed by atoms with Gasteiger partial charge in [-0.25, -0.2) is 8.42 Å². The number of hydrogen-bond donors (Lipinski definition) is 1. The van der Waals surface area contributed by atoms with Gasteiger partial charge in [-0.2, -0.15) is 0 Å². The van der Waals surface area contributed by atoms with Gasteiger partial charge in [0.2, 0.25) is 10.0 Å². The van der Waals surface area contributed by atoms with Gasteiger partial charge in [0.25, 0.3) is 5.91 Å². The lowest BCUT2D eigenvalue weighted by atomic mass is 10.1. The Morgan fingerprint density at radius 3 is 2.06 bits per heavy atom. The van der Waals surface area contributed by atoms with Crippen LogP contribution in [0.2, 0.25) is 0 Å². The first-order valence-corrected chi connectivity index (χ1v) is 12.6. The van der Waals surface area contributed by atoms with Crippen molar-refractivity contribution < 1.29 is 13.2 Å². The maximum absolute atomic E-state index is 12.5. The quantitative estimate of drug-likeness (QED) is 0.483. The van der Waals surface area contributed by atoms with Crippen molar-refractivity contribution in [3.05, 3.63) is 101 Å². The number of hydrogen-bond acceptors (Lipinski definition) is 3. The average Bonchev–Trinajstić information content (AvgIpc) is 2.76. The zero-order valence-electron chi connectivity index (χ0n) is 18.8. The minimum absolute atomic E-state index is 0.126. The second-order valence-electron chi connectivity index (χ2n) is 8.05. The van der Waals surface area contributed by atoms with Gasteiger partial charge in [-0.3, -0.25) is 9.10 Å². The molecule has 1 amide bonds. The highest BCUT2D eigenvalue weighted by molar-refractivity contribution is 7.92. The number of nitrogens with zero attached hydrogens (tertiary/aromatic N) is 1. The summed E-state index contributed by atoms with van der Waals surface area (Å²) in [5, 5.41) is 2.95. The van der Waals surface area contributed by atoms with Crippen LogP contribution in [0.1, 0.15) is 39.0 Å². The molecule has 0 spiro atoms. The van der Waals surface area contributed by atoms with E-state index in [-0.39, 0.29) is 12.5 Å². The lowest BCUT2D eigenvalue weighted by Crippen LogP contribution is -2.30. The van der Waals surface area contributed by atoms with Gasteiger partial charge in [0.05, 0.1) is 18.5 Å². The lowest BCUT2D eigenvalue weighted by Gasteiger charge is -2.26. The number of carbonyl (C=O) groups excluding carboxylic acids is 1. The summed E-state index contributed by atoms with van der Waals surface area (Å²) in [6.07, 6.45) is 3.00. The Hall–Kier alpha value is -3.12. The minimum Gasteiger partial charge on any atom is -0.352 e. The normalized spacial score (nSPS) is 11.2. The van der Waals surface area contributed by atoms with Crippen LogP contribution in [-0.2, 0) is 23.0 Å². The van der Waals surface area contributed by atoms with E-state index in [1.807, 2.05) is 62.4 Å². The third-order valence-electron chi connectivity index (χ3n) is 5.40. The van der Waals surface area contributed by atoms with Crippen LogP contribution >= 0.6 is 0 Å². The highest BCUT2D eigenvalue weighted by Gasteiger charge is 2.21. The average molecular weight is 451 g/mol. The van der Waals surface area contributed by atoms with E-state index < -0.39 is 10.0 Å². The van der Waals surface area contributed by atoms with Gasteiger partial charge in [-0.15, -0.1) is 0 Å². The molecule has 0 fully saturated rings. The van der Waals surface area contributed by atoms with Crippen molar-refractivity contribution in [3.63, 3.8) is 0 Å². The summed E-state index contributed by atoms with van der Waals surface area (Å²) in [7, 11) is -3.47. The largest absolute Gasteiger partial charge is 0.352 e. The summed E-state index contributed by atoms with van der Waals surface area (Å²) in [4.78, 5) is 12.4. The summed E-state index contributed by atoms with van der Waals surface area (Å²) in [6.45, 7) is 4.63. The molecule has 0 bridgehead atoms. The van der Waals surface area contributed by atoms with Gasteiger partial charge in [-0.1, -0.05) is 60.7 Å². The molecule has 3 rings (SSSR count). The van der Waals surface area contributed by atoms with Crippen molar-refractivity contribution in [2.45, 2.75) is 33.2 Å². The van der Waals surface area contributed by atoms with Gasteiger partial charge in [0.15, 0.2) is 0 Å². The van der Waals surface area contributed by atoms with Crippen molar-refractivity contribution in [2.24, 2.45) is 0 Å². The summed E-state index contributed by atoms with van der Waals surface area (Å²) < 4.78 is 26.5. The van der Waals surface area contributed by atoms with Crippen LogP contribution in [0, 0.1) is 13.8 Å². The van der Waals surface area contributed by atoms with E-state index in [9.17, 15) is 13.2 Å². The number of carbonyl (C=O) groups is 1. The predicted octanol–water partition coefficient (Wildman–Crippen LogP) is 4.63. The monoisotopic (exact) mass is 450 g/mol. The number of anilines is 1. The molecule has 0 atom stereocenters. The summed E-state index contributed by atoms with van der Waals surface area (Å²) in [6, 6.07) is 23.0.